The normalized spacial score (nSPS) is 19.2. The number of fused-ring (bicyclic) bond motifs is 1. The number of ether oxygens (including phenoxy) is 3. The van der Waals surface area contributed by atoms with Gasteiger partial charge in [0.15, 0.2) is 11.5 Å². The third kappa shape index (κ3) is 4.29. The number of aromatic nitrogens is 4. The molecular formula is C21H23IN6O5. The second kappa shape index (κ2) is 9.27. The Kier molecular flexibility index (Phi) is 6.21. The van der Waals surface area contributed by atoms with E-state index < -0.39 is 5.97 Å². The highest BCUT2D eigenvalue weighted by Crippen LogP contribution is 2.32. The zero-order valence-corrected chi connectivity index (χ0v) is 20.1. The summed E-state index contributed by atoms with van der Waals surface area (Å²) in [6.07, 6.45) is 0. The molecule has 5 rings (SSSR count). The van der Waals surface area contributed by atoms with Crippen molar-refractivity contribution in [1.82, 2.24) is 19.9 Å². The number of aromatic amines is 1. The largest absolute Gasteiger partial charge is 0.496 e. The number of morpholine rings is 2. The van der Waals surface area contributed by atoms with Crippen molar-refractivity contribution in [2.75, 3.05) is 63.0 Å². The van der Waals surface area contributed by atoms with Crippen LogP contribution in [-0.4, -0.2) is 88.2 Å². The van der Waals surface area contributed by atoms with E-state index in [4.69, 9.17) is 29.2 Å². The molecule has 2 saturated heterocycles. The van der Waals surface area contributed by atoms with Gasteiger partial charge in [0.25, 0.3) is 0 Å². The number of rotatable bonds is 5. The van der Waals surface area contributed by atoms with Gasteiger partial charge in [-0.1, -0.05) is 22.6 Å². The van der Waals surface area contributed by atoms with Gasteiger partial charge in [0.05, 0.1) is 33.5 Å². The van der Waals surface area contributed by atoms with Crippen LogP contribution in [-0.2, 0) is 9.47 Å². The summed E-state index contributed by atoms with van der Waals surface area (Å²) in [5.74, 6) is 1.10. The van der Waals surface area contributed by atoms with Crippen LogP contribution in [0.1, 0.15) is 10.4 Å². The van der Waals surface area contributed by atoms with E-state index in [1.54, 1.807) is 18.2 Å². The monoisotopic (exact) mass is 566 g/mol. The molecule has 12 heteroatoms. The Morgan fingerprint density at radius 3 is 2.70 bits per heavy atom. The van der Waals surface area contributed by atoms with Crippen molar-refractivity contribution in [1.29, 1.82) is 0 Å². The molecule has 1 aromatic carbocycles. The van der Waals surface area contributed by atoms with Crippen molar-refractivity contribution >= 4 is 51.5 Å². The number of carbonyl (C=O) groups is 1. The van der Waals surface area contributed by atoms with Crippen molar-refractivity contribution in [2.24, 2.45) is 0 Å². The number of alkyl halides is 1. The number of carboxylic acid groups (broad SMARTS) is 1. The second-order valence-electron chi connectivity index (χ2n) is 7.65. The number of aromatic carboxylic acids is 1. The lowest BCUT2D eigenvalue weighted by Gasteiger charge is -2.34. The fourth-order valence-corrected chi connectivity index (χ4v) is 4.75. The number of carboxylic acids is 1. The van der Waals surface area contributed by atoms with Crippen LogP contribution in [0.5, 0.6) is 5.75 Å². The van der Waals surface area contributed by atoms with Crippen molar-refractivity contribution in [3.8, 4) is 17.1 Å². The number of nitrogens with one attached hydrogen (secondary N) is 1. The Balaban J connectivity index is 1.63. The molecule has 0 amide bonds. The first kappa shape index (κ1) is 22.1. The number of methoxy groups -OCH3 is 1. The summed E-state index contributed by atoms with van der Waals surface area (Å²) in [5.41, 5.74) is 1.92. The molecule has 2 aliphatic heterocycles. The third-order valence-corrected chi connectivity index (χ3v) is 6.69. The van der Waals surface area contributed by atoms with Crippen molar-refractivity contribution in [3.63, 3.8) is 0 Å². The fraction of sp³-hybridized carbons (Fsp3) is 0.429. The summed E-state index contributed by atoms with van der Waals surface area (Å²) in [4.78, 5) is 33.7. The van der Waals surface area contributed by atoms with E-state index in [1.165, 1.54) is 7.11 Å². The summed E-state index contributed by atoms with van der Waals surface area (Å²) < 4.78 is 16.4. The molecule has 2 aromatic heterocycles. The van der Waals surface area contributed by atoms with E-state index in [-0.39, 0.29) is 9.61 Å². The molecular weight excluding hydrogens is 543 g/mol. The summed E-state index contributed by atoms with van der Waals surface area (Å²) in [7, 11) is 1.44. The number of nitrogens with zero attached hydrogens (tertiary/aromatic N) is 5. The Morgan fingerprint density at radius 1 is 1.18 bits per heavy atom. The molecule has 0 spiro atoms. The molecule has 0 saturated carbocycles. The lowest BCUT2D eigenvalue weighted by Crippen LogP contribution is -2.43. The summed E-state index contributed by atoms with van der Waals surface area (Å²) in [5, 5.41) is 9.56. The highest BCUT2D eigenvalue weighted by molar-refractivity contribution is 14.1. The highest BCUT2D eigenvalue weighted by Gasteiger charge is 2.27. The number of halogens is 1. The predicted octanol–water partition coefficient (Wildman–Crippen LogP) is 2.16. The number of hydrogen-bond acceptors (Lipinski definition) is 9. The van der Waals surface area contributed by atoms with Gasteiger partial charge in [0.2, 0.25) is 5.95 Å². The first-order valence-corrected chi connectivity index (χ1v) is 11.8. The maximum atomic E-state index is 11.7. The summed E-state index contributed by atoms with van der Waals surface area (Å²) in [6, 6.07) is 4.94. The Morgan fingerprint density at radius 2 is 1.97 bits per heavy atom. The topological polar surface area (TPSA) is 126 Å². The van der Waals surface area contributed by atoms with Crippen LogP contribution in [0.3, 0.4) is 0 Å². The molecule has 0 radical (unpaired) electrons. The van der Waals surface area contributed by atoms with E-state index in [0.29, 0.717) is 80.3 Å². The zero-order chi connectivity index (χ0) is 22.9. The third-order valence-electron chi connectivity index (χ3n) is 5.66. The van der Waals surface area contributed by atoms with E-state index in [1.807, 2.05) is 0 Å². The lowest BCUT2D eigenvalue weighted by molar-refractivity contribution is 0.0693. The Hall–Kier alpha value is -2.71. The fourth-order valence-electron chi connectivity index (χ4n) is 3.96. The Labute approximate surface area is 203 Å². The van der Waals surface area contributed by atoms with Crippen LogP contribution in [0, 0.1) is 0 Å². The number of anilines is 2. The van der Waals surface area contributed by atoms with Crippen LogP contribution in [0.2, 0.25) is 0 Å². The smallest absolute Gasteiger partial charge is 0.339 e. The zero-order valence-electron chi connectivity index (χ0n) is 18.0. The van der Waals surface area contributed by atoms with Gasteiger partial charge < -0.3 is 34.1 Å². The van der Waals surface area contributed by atoms with Crippen LogP contribution < -0.4 is 14.5 Å². The average molecular weight is 566 g/mol. The molecule has 2 fully saturated rings. The SMILES string of the molecule is COc1ccc(-c2nc3nc(N4CCOCC4)nc(N4CCOC[C@@H]4I)c3[nH]2)cc1C(=O)O. The van der Waals surface area contributed by atoms with Crippen molar-refractivity contribution in [2.45, 2.75) is 4.05 Å². The van der Waals surface area contributed by atoms with Gasteiger partial charge >= 0.3 is 5.97 Å². The molecule has 0 bridgehead atoms. The van der Waals surface area contributed by atoms with Crippen LogP contribution in [0.15, 0.2) is 18.2 Å². The van der Waals surface area contributed by atoms with Gasteiger partial charge in [0.1, 0.15) is 26.7 Å². The van der Waals surface area contributed by atoms with E-state index >= 15 is 0 Å². The summed E-state index contributed by atoms with van der Waals surface area (Å²) in [6.45, 7) is 4.57. The van der Waals surface area contributed by atoms with Gasteiger partial charge in [-0.05, 0) is 18.2 Å². The average Bonchev–Trinajstić information content (AvgIpc) is 3.28. The molecule has 33 heavy (non-hydrogen) atoms. The summed E-state index contributed by atoms with van der Waals surface area (Å²) >= 11 is 2.35. The molecule has 1 atom stereocenters. The van der Waals surface area contributed by atoms with Gasteiger partial charge in [-0.25, -0.2) is 9.78 Å². The minimum atomic E-state index is -1.07. The molecule has 2 N–H and O–H groups in total. The predicted molar refractivity (Wildman–Crippen MR) is 130 cm³/mol. The minimum absolute atomic E-state index is 0.0660. The number of hydrogen-bond donors (Lipinski definition) is 2. The van der Waals surface area contributed by atoms with Gasteiger partial charge in [0, 0.05) is 25.2 Å². The number of imidazole rings is 1. The molecule has 0 unspecified atom stereocenters. The van der Waals surface area contributed by atoms with Crippen molar-refractivity contribution < 1.29 is 24.1 Å². The molecule has 4 heterocycles. The van der Waals surface area contributed by atoms with E-state index in [9.17, 15) is 9.90 Å². The standard InChI is InChI=1S/C21H23IN6O5/c1-31-14-3-2-12(10-13(14)20(29)30)17-23-16-18(24-17)25-21(27-4-7-32-8-5-27)26-19(16)28-6-9-33-11-15(28)22/h2-3,10,15H,4-9,11H2,1H3,(H,29,30)(H,23,24,25,26)/t15-/m1/s1. The first-order chi connectivity index (χ1) is 16.0. The van der Waals surface area contributed by atoms with Gasteiger partial charge in [-0.3, -0.25) is 0 Å². The highest BCUT2D eigenvalue weighted by atomic mass is 127. The van der Waals surface area contributed by atoms with Crippen LogP contribution >= 0.6 is 22.6 Å². The number of H-pyrrole nitrogens is 1. The van der Waals surface area contributed by atoms with Gasteiger partial charge in [-0.2, -0.15) is 9.97 Å². The Bertz CT molecular complexity index is 1180. The maximum Gasteiger partial charge on any atom is 0.339 e. The lowest BCUT2D eigenvalue weighted by atomic mass is 10.1. The van der Waals surface area contributed by atoms with E-state index in [0.717, 1.165) is 5.82 Å². The first-order valence-electron chi connectivity index (χ1n) is 10.6. The molecule has 0 aliphatic carbocycles. The van der Waals surface area contributed by atoms with Crippen molar-refractivity contribution in [3.05, 3.63) is 23.8 Å². The van der Waals surface area contributed by atoms with Gasteiger partial charge in [-0.15, -0.1) is 0 Å². The quantitative estimate of drug-likeness (QED) is 0.270. The molecule has 174 valence electrons. The molecule has 3 aromatic rings. The molecule has 2 aliphatic rings. The maximum absolute atomic E-state index is 11.7. The van der Waals surface area contributed by atoms with Crippen LogP contribution in [0.25, 0.3) is 22.6 Å². The molecule has 11 nitrogen and oxygen atoms in total. The minimum Gasteiger partial charge on any atom is -0.496 e. The van der Waals surface area contributed by atoms with E-state index in [2.05, 4.69) is 37.4 Å². The number of benzene rings is 1. The van der Waals surface area contributed by atoms with Crippen LogP contribution in [0.4, 0.5) is 11.8 Å². The second-order valence-corrected chi connectivity index (χ2v) is 9.09.